The van der Waals surface area contributed by atoms with E-state index in [1.165, 1.54) is 18.2 Å². The van der Waals surface area contributed by atoms with E-state index in [4.69, 9.17) is 16.3 Å². The molecule has 1 amide bonds. The van der Waals surface area contributed by atoms with Crippen molar-refractivity contribution in [2.24, 2.45) is 5.92 Å². The van der Waals surface area contributed by atoms with E-state index < -0.39 is 5.82 Å². The zero-order chi connectivity index (χ0) is 28.1. The molecule has 0 radical (unpaired) electrons. The van der Waals surface area contributed by atoms with Crippen molar-refractivity contribution in [1.82, 2.24) is 25.0 Å². The van der Waals surface area contributed by atoms with E-state index in [1.807, 2.05) is 0 Å². The molecule has 0 atom stereocenters. The lowest BCUT2D eigenvalue weighted by atomic mass is 9.83. The number of pyridine rings is 1. The number of aliphatic hydroxyl groups excluding tert-OH is 1. The van der Waals surface area contributed by atoms with Crippen molar-refractivity contribution >= 4 is 34.7 Å². The lowest BCUT2D eigenvalue weighted by molar-refractivity contribution is -0.116. The van der Waals surface area contributed by atoms with Gasteiger partial charge in [-0.25, -0.2) is 9.37 Å². The Labute approximate surface area is 237 Å². The van der Waals surface area contributed by atoms with E-state index in [-0.39, 0.29) is 41.7 Å². The topological polar surface area (TPSA) is 116 Å². The van der Waals surface area contributed by atoms with Crippen molar-refractivity contribution < 1.29 is 19.0 Å². The number of carbonyl (C=O) groups excluding carboxylic acids is 1. The van der Waals surface area contributed by atoms with E-state index in [0.717, 1.165) is 26.2 Å². The van der Waals surface area contributed by atoms with Crippen LogP contribution in [0.25, 0.3) is 11.3 Å². The maximum atomic E-state index is 14.6. The van der Waals surface area contributed by atoms with Crippen molar-refractivity contribution in [3.63, 3.8) is 0 Å². The molecule has 0 bridgehead atoms. The number of benzene rings is 1. The smallest absolute Gasteiger partial charge is 0.257 e. The van der Waals surface area contributed by atoms with Gasteiger partial charge in [-0.05, 0) is 56.1 Å². The Kier molecular flexibility index (Phi) is 9.05. The minimum Gasteiger partial charge on any atom is -0.472 e. The first-order chi connectivity index (χ1) is 19.4. The Balaban J connectivity index is 1.30. The fourth-order valence-corrected chi connectivity index (χ4v) is 4.90. The van der Waals surface area contributed by atoms with Crippen LogP contribution in [0.3, 0.4) is 0 Å². The zero-order valence-electron chi connectivity index (χ0n) is 22.3. The maximum Gasteiger partial charge on any atom is 0.257 e. The molecule has 3 heterocycles. The minimum atomic E-state index is -0.478. The average Bonchev–Trinajstić information content (AvgIpc) is 2.92. The van der Waals surface area contributed by atoms with Crippen LogP contribution in [-0.4, -0.2) is 88.5 Å². The van der Waals surface area contributed by atoms with E-state index in [0.29, 0.717) is 48.0 Å². The lowest BCUT2D eigenvalue weighted by Crippen LogP contribution is -2.45. The van der Waals surface area contributed by atoms with E-state index in [9.17, 15) is 14.3 Å². The predicted molar refractivity (Wildman–Crippen MR) is 151 cm³/mol. The third-order valence-electron chi connectivity index (χ3n) is 7.25. The summed E-state index contributed by atoms with van der Waals surface area (Å²) in [6, 6.07) is 9.34. The van der Waals surface area contributed by atoms with Gasteiger partial charge in [0, 0.05) is 74.3 Å². The molecule has 10 nitrogen and oxygen atoms in total. The number of hydrogen-bond donors (Lipinski definition) is 3. The number of hydrogen-bond acceptors (Lipinski definition) is 9. The fraction of sp³-hybridized carbons (Fsp3) is 0.429. The highest BCUT2D eigenvalue weighted by Crippen LogP contribution is 2.36. The average molecular weight is 570 g/mol. The van der Waals surface area contributed by atoms with E-state index in [2.05, 4.69) is 42.7 Å². The minimum absolute atomic E-state index is 0.103. The Morgan fingerprint density at radius 2 is 1.95 bits per heavy atom. The number of piperazine rings is 1. The number of halogens is 2. The van der Waals surface area contributed by atoms with Crippen molar-refractivity contribution in [3.8, 4) is 17.1 Å². The van der Waals surface area contributed by atoms with Crippen LogP contribution >= 0.6 is 11.6 Å². The Morgan fingerprint density at radius 1 is 1.15 bits per heavy atom. The van der Waals surface area contributed by atoms with Gasteiger partial charge in [-0.3, -0.25) is 4.79 Å². The van der Waals surface area contributed by atoms with Gasteiger partial charge in [0.2, 0.25) is 5.91 Å². The monoisotopic (exact) mass is 569 g/mol. The largest absolute Gasteiger partial charge is 0.472 e. The summed E-state index contributed by atoms with van der Waals surface area (Å²) in [5.74, 6) is 0.275. The van der Waals surface area contributed by atoms with Gasteiger partial charge in [0.1, 0.15) is 23.4 Å². The molecule has 212 valence electrons. The summed E-state index contributed by atoms with van der Waals surface area (Å²) < 4.78 is 20.6. The summed E-state index contributed by atoms with van der Waals surface area (Å²) in [6.45, 7) is 4.72. The van der Waals surface area contributed by atoms with E-state index in [1.54, 1.807) is 24.4 Å². The summed E-state index contributed by atoms with van der Waals surface area (Å²) >= 11 is 6.10. The molecule has 12 heteroatoms. The van der Waals surface area contributed by atoms with E-state index >= 15 is 0 Å². The van der Waals surface area contributed by atoms with Gasteiger partial charge in [0.25, 0.3) is 5.88 Å². The molecule has 1 aliphatic carbocycles. The number of amides is 1. The Bertz CT molecular complexity index is 1330. The third-order valence-corrected chi connectivity index (χ3v) is 7.49. The number of carbonyl (C=O) groups is 1. The summed E-state index contributed by atoms with van der Waals surface area (Å²) in [5.41, 5.74) is 1.58. The fourth-order valence-electron chi connectivity index (χ4n) is 4.73. The molecule has 3 aromatic rings. The molecule has 40 heavy (non-hydrogen) atoms. The first-order valence-corrected chi connectivity index (χ1v) is 13.8. The predicted octanol–water partition coefficient (Wildman–Crippen LogP) is 3.80. The van der Waals surface area contributed by atoms with Crippen molar-refractivity contribution in [1.29, 1.82) is 0 Å². The highest BCUT2D eigenvalue weighted by Gasteiger charge is 2.31. The van der Waals surface area contributed by atoms with Crippen LogP contribution in [0.15, 0.2) is 42.6 Å². The maximum absolute atomic E-state index is 14.6. The molecule has 5 rings (SSSR count). The molecular formula is C28H33ClFN7O3. The molecule has 3 N–H and O–H groups in total. The van der Waals surface area contributed by atoms with Crippen LogP contribution in [-0.2, 0) is 4.79 Å². The first-order valence-electron chi connectivity index (χ1n) is 13.4. The molecule has 1 aromatic carbocycles. The van der Waals surface area contributed by atoms with Crippen molar-refractivity contribution in [2.45, 2.75) is 25.4 Å². The molecule has 2 aromatic heterocycles. The second kappa shape index (κ2) is 12.9. The molecule has 2 aliphatic rings. The van der Waals surface area contributed by atoms with Gasteiger partial charge in [0.15, 0.2) is 0 Å². The number of rotatable bonds is 10. The SMILES string of the molecule is CN1CCN(CCC(=O)Nc2cc(Nc3cc(-c4cc(Cl)ccc4F)nnc3OC3CC(CO)C3)ccn2)CC1. The van der Waals surface area contributed by atoms with Gasteiger partial charge in [-0.2, -0.15) is 0 Å². The second-order valence-electron chi connectivity index (χ2n) is 10.3. The molecule has 1 aliphatic heterocycles. The number of aromatic nitrogens is 3. The van der Waals surface area contributed by atoms with Crippen molar-refractivity contribution in [2.75, 3.05) is 57.0 Å². The van der Waals surface area contributed by atoms with Crippen LogP contribution < -0.4 is 15.4 Å². The Morgan fingerprint density at radius 3 is 2.73 bits per heavy atom. The summed E-state index contributed by atoms with van der Waals surface area (Å²) in [7, 11) is 2.10. The normalized spacial score (nSPS) is 19.6. The molecule has 0 unspecified atom stereocenters. The summed E-state index contributed by atoms with van der Waals surface area (Å²) in [5, 5.41) is 24.3. The summed E-state index contributed by atoms with van der Waals surface area (Å²) in [6.07, 6.45) is 3.28. The van der Waals surface area contributed by atoms with Gasteiger partial charge in [0.05, 0.1) is 5.69 Å². The van der Waals surface area contributed by atoms with Crippen LogP contribution in [0.4, 0.5) is 21.6 Å². The summed E-state index contributed by atoms with van der Waals surface area (Å²) in [4.78, 5) is 21.5. The molecule has 0 spiro atoms. The number of ether oxygens (including phenoxy) is 1. The standard InChI is InChI=1S/C28H33ClFN7O3/c1-36-8-10-37(11-9-36)7-5-27(39)33-26-15-20(4-6-31-26)32-25-16-24(22-14-19(29)2-3-23(22)30)34-35-28(25)40-21-12-18(13-21)17-38/h2-4,6,14-16,18,21,38H,5,7-13,17H2,1H3,(H2,31,32,33,34,39). The van der Waals surface area contributed by atoms with Gasteiger partial charge >= 0.3 is 0 Å². The number of likely N-dealkylation sites (N-methyl/N-ethyl adjacent to an activating group) is 1. The number of nitrogens with zero attached hydrogens (tertiary/aromatic N) is 5. The molecule has 1 saturated heterocycles. The van der Waals surface area contributed by atoms with Gasteiger partial charge < -0.3 is 30.3 Å². The second-order valence-corrected chi connectivity index (χ2v) is 10.8. The van der Waals surface area contributed by atoms with Crippen LogP contribution in [0.2, 0.25) is 5.02 Å². The molecular weight excluding hydrogens is 537 g/mol. The highest BCUT2D eigenvalue weighted by atomic mass is 35.5. The Hall–Kier alpha value is -3.38. The molecule has 1 saturated carbocycles. The third kappa shape index (κ3) is 7.22. The quantitative estimate of drug-likeness (QED) is 0.335. The number of anilines is 3. The van der Waals surface area contributed by atoms with Gasteiger partial charge in [-0.1, -0.05) is 11.6 Å². The van der Waals surface area contributed by atoms with Crippen LogP contribution in [0, 0.1) is 11.7 Å². The number of aliphatic hydroxyl groups is 1. The zero-order valence-corrected chi connectivity index (χ0v) is 23.1. The first kappa shape index (κ1) is 28.2. The van der Waals surface area contributed by atoms with Crippen LogP contribution in [0.5, 0.6) is 5.88 Å². The van der Waals surface area contributed by atoms with Crippen molar-refractivity contribution in [3.05, 3.63) is 53.4 Å². The van der Waals surface area contributed by atoms with Crippen LogP contribution in [0.1, 0.15) is 19.3 Å². The lowest BCUT2D eigenvalue weighted by Gasteiger charge is -2.34. The number of nitrogens with one attached hydrogen (secondary N) is 2. The van der Waals surface area contributed by atoms with Gasteiger partial charge in [-0.15, -0.1) is 10.2 Å². The highest BCUT2D eigenvalue weighted by molar-refractivity contribution is 6.30. The molecule has 2 fully saturated rings.